The van der Waals surface area contributed by atoms with Crippen LogP contribution in [0.4, 0.5) is 16.2 Å². The number of benzene rings is 1. The summed E-state index contributed by atoms with van der Waals surface area (Å²) in [4.78, 5) is 25.4. The maximum absolute atomic E-state index is 12.1. The molecule has 94 valence electrons. The molecule has 1 aromatic carbocycles. The van der Waals surface area contributed by atoms with Crippen LogP contribution in [0.5, 0.6) is 0 Å². The van der Waals surface area contributed by atoms with Crippen molar-refractivity contribution < 1.29 is 9.59 Å². The molecule has 2 fully saturated rings. The number of carbonyl (C=O) groups excluding carboxylic acids is 2. The first kappa shape index (κ1) is 11.1. The molecule has 1 aliphatic heterocycles. The number of nitrogens with zero attached hydrogens (tertiary/aromatic N) is 1. The Morgan fingerprint density at radius 1 is 1.28 bits per heavy atom. The van der Waals surface area contributed by atoms with Crippen LogP contribution in [0.15, 0.2) is 24.3 Å². The first-order chi connectivity index (χ1) is 8.60. The summed E-state index contributed by atoms with van der Waals surface area (Å²) in [7, 11) is 0. The number of hydrogen-bond acceptors (Lipinski definition) is 3. The van der Waals surface area contributed by atoms with E-state index >= 15 is 0 Å². The van der Waals surface area contributed by atoms with E-state index in [0.717, 1.165) is 19.3 Å². The van der Waals surface area contributed by atoms with Gasteiger partial charge < -0.3 is 11.1 Å². The van der Waals surface area contributed by atoms with E-state index < -0.39 is 0 Å². The van der Waals surface area contributed by atoms with Crippen LogP contribution in [-0.2, 0) is 4.79 Å². The van der Waals surface area contributed by atoms with Crippen LogP contribution in [0.2, 0.25) is 0 Å². The molecule has 1 aromatic rings. The monoisotopic (exact) mass is 245 g/mol. The van der Waals surface area contributed by atoms with Gasteiger partial charge in [-0.05, 0) is 37.5 Å². The van der Waals surface area contributed by atoms with Gasteiger partial charge in [-0.3, -0.25) is 4.79 Å². The second-order valence-corrected chi connectivity index (χ2v) is 5.06. The first-order valence-corrected chi connectivity index (χ1v) is 6.10. The van der Waals surface area contributed by atoms with E-state index in [1.165, 1.54) is 4.90 Å². The minimum absolute atomic E-state index is 0.149. The van der Waals surface area contributed by atoms with E-state index in [0.29, 0.717) is 17.8 Å². The van der Waals surface area contributed by atoms with Gasteiger partial charge in [-0.1, -0.05) is 6.07 Å². The molecule has 0 radical (unpaired) electrons. The zero-order valence-electron chi connectivity index (χ0n) is 9.98. The van der Waals surface area contributed by atoms with Crippen molar-refractivity contribution in [3.05, 3.63) is 24.3 Å². The molecule has 3 N–H and O–H groups in total. The van der Waals surface area contributed by atoms with Crippen LogP contribution >= 0.6 is 0 Å². The second-order valence-electron chi connectivity index (χ2n) is 5.06. The summed E-state index contributed by atoms with van der Waals surface area (Å²) in [6, 6.07) is 6.47. The number of nitrogen functional groups attached to an aromatic ring is 1. The molecule has 2 aliphatic rings. The number of amides is 3. The first-order valence-electron chi connectivity index (χ1n) is 6.10. The van der Waals surface area contributed by atoms with Gasteiger partial charge >= 0.3 is 6.03 Å². The Kier molecular flexibility index (Phi) is 2.29. The molecule has 1 saturated heterocycles. The molecule has 1 saturated carbocycles. The number of nitrogens with two attached hydrogens (primary N) is 1. The molecule has 0 aromatic heterocycles. The zero-order valence-corrected chi connectivity index (χ0v) is 9.98. The standard InChI is InChI=1S/C13H15N3O2/c14-9-3-1-4-10(7-9)16-11(17)8-13(5-2-6-13)15-12(16)18/h1,3-4,7H,2,5-6,8,14H2,(H,15,18). The quantitative estimate of drug-likeness (QED) is 0.738. The van der Waals surface area contributed by atoms with E-state index in [9.17, 15) is 9.59 Å². The van der Waals surface area contributed by atoms with E-state index in [1.807, 2.05) is 0 Å². The predicted molar refractivity (Wildman–Crippen MR) is 68.1 cm³/mol. The lowest BCUT2D eigenvalue weighted by Gasteiger charge is -2.47. The highest BCUT2D eigenvalue weighted by molar-refractivity contribution is 6.16. The molecule has 0 bridgehead atoms. The van der Waals surface area contributed by atoms with Gasteiger partial charge in [0.15, 0.2) is 0 Å². The highest BCUT2D eigenvalue weighted by Gasteiger charge is 2.47. The van der Waals surface area contributed by atoms with Gasteiger partial charge in [0.1, 0.15) is 0 Å². The molecule has 1 spiro atoms. The van der Waals surface area contributed by atoms with Crippen molar-refractivity contribution >= 4 is 23.3 Å². The van der Waals surface area contributed by atoms with Gasteiger partial charge in [-0.25, -0.2) is 9.69 Å². The normalized spacial score (nSPS) is 21.7. The van der Waals surface area contributed by atoms with Gasteiger partial charge in [0.05, 0.1) is 17.6 Å². The van der Waals surface area contributed by atoms with Gasteiger partial charge in [0.2, 0.25) is 5.91 Å². The van der Waals surface area contributed by atoms with Gasteiger partial charge in [0.25, 0.3) is 0 Å². The van der Waals surface area contributed by atoms with Crippen LogP contribution in [0, 0.1) is 0 Å². The molecule has 1 aliphatic carbocycles. The molecule has 18 heavy (non-hydrogen) atoms. The fraction of sp³-hybridized carbons (Fsp3) is 0.385. The Labute approximate surface area is 105 Å². The Bertz CT molecular complexity index is 503. The summed E-state index contributed by atoms with van der Waals surface area (Å²) in [5.74, 6) is -0.149. The molecule has 0 atom stereocenters. The summed E-state index contributed by atoms with van der Waals surface area (Å²) in [6.07, 6.45) is 3.25. The molecule has 3 rings (SSSR count). The van der Waals surface area contributed by atoms with Crippen LogP contribution in [0.25, 0.3) is 0 Å². The van der Waals surface area contributed by atoms with Gasteiger partial charge in [0, 0.05) is 5.69 Å². The maximum Gasteiger partial charge on any atom is 0.329 e. The third-order valence-corrected chi connectivity index (χ3v) is 3.75. The topological polar surface area (TPSA) is 75.4 Å². The molecule has 5 nitrogen and oxygen atoms in total. The second kappa shape index (κ2) is 3.73. The van der Waals surface area contributed by atoms with Crippen molar-refractivity contribution in [2.75, 3.05) is 10.6 Å². The number of anilines is 2. The van der Waals surface area contributed by atoms with E-state index in [1.54, 1.807) is 24.3 Å². The lowest BCUT2D eigenvalue weighted by atomic mass is 9.73. The Morgan fingerprint density at radius 3 is 2.61 bits per heavy atom. The summed E-state index contributed by atoms with van der Waals surface area (Å²) < 4.78 is 0. The smallest absolute Gasteiger partial charge is 0.329 e. The number of imide groups is 1. The van der Waals surface area contributed by atoms with E-state index in [4.69, 9.17) is 5.73 Å². The largest absolute Gasteiger partial charge is 0.399 e. The number of rotatable bonds is 1. The molecule has 1 heterocycles. The number of urea groups is 1. The molecule has 3 amide bonds. The molecule has 0 unspecified atom stereocenters. The Morgan fingerprint density at radius 2 is 2.06 bits per heavy atom. The highest BCUT2D eigenvalue weighted by Crippen LogP contribution is 2.38. The van der Waals surface area contributed by atoms with Crippen molar-refractivity contribution in [1.82, 2.24) is 5.32 Å². The van der Waals surface area contributed by atoms with Crippen molar-refractivity contribution in [3.63, 3.8) is 0 Å². The molecule has 5 heteroatoms. The van der Waals surface area contributed by atoms with Crippen LogP contribution in [-0.4, -0.2) is 17.5 Å². The molecular formula is C13H15N3O2. The fourth-order valence-corrected chi connectivity index (χ4v) is 2.64. The third kappa shape index (κ3) is 1.63. The summed E-state index contributed by atoms with van der Waals surface area (Å²) in [6.45, 7) is 0. The van der Waals surface area contributed by atoms with Crippen LogP contribution in [0.1, 0.15) is 25.7 Å². The molecular weight excluding hydrogens is 230 g/mol. The Balaban J connectivity index is 1.89. The maximum atomic E-state index is 12.1. The van der Waals surface area contributed by atoms with Gasteiger partial charge in [-0.2, -0.15) is 0 Å². The average Bonchev–Trinajstić information content (AvgIpc) is 2.26. The summed E-state index contributed by atoms with van der Waals surface area (Å²) >= 11 is 0. The van der Waals surface area contributed by atoms with E-state index in [-0.39, 0.29) is 17.5 Å². The van der Waals surface area contributed by atoms with Crippen molar-refractivity contribution in [2.45, 2.75) is 31.2 Å². The van der Waals surface area contributed by atoms with Crippen LogP contribution in [0.3, 0.4) is 0 Å². The Hall–Kier alpha value is -2.04. The minimum atomic E-state index is -0.337. The summed E-state index contributed by atoms with van der Waals surface area (Å²) in [5.41, 5.74) is 6.48. The average molecular weight is 245 g/mol. The number of hydrogen-bond donors (Lipinski definition) is 2. The van der Waals surface area contributed by atoms with Crippen LogP contribution < -0.4 is 16.0 Å². The van der Waals surface area contributed by atoms with Crippen molar-refractivity contribution in [2.24, 2.45) is 0 Å². The van der Waals surface area contributed by atoms with E-state index in [2.05, 4.69) is 5.32 Å². The lowest BCUT2D eigenvalue weighted by molar-refractivity contribution is -0.121. The SMILES string of the molecule is Nc1cccc(N2C(=O)CC3(CCC3)NC2=O)c1. The minimum Gasteiger partial charge on any atom is -0.399 e. The fourth-order valence-electron chi connectivity index (χ4n) is 2.64. The number of carbonyl (C=O) groups is 2. The van der Waals surface area contributed by atoms with Crippen molar-refractivity contribution in [1.29, 1.82) is 0 Å². The van der Waals surface area contributed by atoms with Gasteiger partial charge in [-0.15, -0.1) is 0 Å². The zero-order chi connectivity index (χ0) is 12.8. The van der Waals surface area contributed by atoms with Crippen molar-refractivity contribution in [3.8, 4) is 0 Å². The summed E-state index contributed by atoms with van der Waals surface area (Å²) in [5, 5.41) is 2.95. The highest BCUT2D eigenvalue weighted by atomic mass is 16.2. The lowest BCUT2D eigenvalue weighted by Crippen LogP contribution is -2.65. The number of nitrogens with one attached hydrogen (secondary N) is 1. The third-order valence-electron chi connectivity index (χ3n) is 3.75. The predicted octanol–water partition coefficient (Wildman–Crippen LogP) is 1.64.